The number of rotatable bonds is 5. The monoisotopic (exact) mass is 371 g/mol. The molecule has 3 aromatic heterocycles. The van der Waals surface area contributed by atoms with Crippen LogP contribution in [0.2, 0.25) is 0 Å². The van der Waals surface area contributed by atoms with E-state index in [1.807, 2.05) is 60.2 Å². The minimum absolute atomic E-state index is 0.0745. The second-order valence-corrected chi connectivity index (χ2v) is 7.87. The van der Waals surface area contributed by atoms with Crippen LogP contribution >= 0.6 is 22.7 Å². The standard InChI is InChI=1S/C18H17N3O2S2/c1-11(2)23-13-5-3-12(4-6-13)10-19-16(22)15-9-14-17(25-15)20-18-21(14)7-8-24-18/h3-9,11H,10H2,1-2H3,(H,19,22). The van der Waals surface area contributed by atoms with Crippen LogP contribution in [0.25, 0.3) is 15.3 Å². The zero-order chi connectivity index (χ0) is 17.4. The molecule has 25 heavy (non-hydrogen) atoms. The third-order valence-electron chi connectivity index (χ3n) is 3.71. The Morgan fingerprint density at radius 3 is 2.88 bits per heavy atom. The highest BCUT2D eigenvalue weighted by Gasteiger charge is 2.14. The molecule has 0 bridgehead atoms. The first-order valence-corrected chi connectivity index (χ1v) is 9.68. The van der Waals surface area contributed by atoms with Crippen LogP contribution in [0.3, 0.4) is 0 Å². The van der Waals surface area contributed by atoms with E-state index in [-0.39, 0.29) is 12.0 Å². The van der Waals surface area contributed by atoms with E-state index in [2.05, 4.69) is 10.3 Å². The molecule has 0 aliphatic carbocycles. The van der Waals surface area contributed by atoms with Crippen LogP contribution in [-0.4, -0.2) is 21.4 Å². The molecule has 0 aliphatic rings. The van der Waals surface area contributed by atoms with Gasteiger partial charge in [-0.25, -0.2) is 4.98 Å². The quantitative estimate of drug-likeness (QED) is 0.568. The Labute approximate surface area is 152 Å². The molecule has 0 radical (unpaired) electrons. The first-order chi connectivity index (χ1) is 12.1. The molecule has 0 spiro atoms. The maximum absolute atomic E-state index is 12.4. The molecule has 0 atom stereocenters. The Hall–Kier alpha value is -2.38. The van der Waals surface area contributed by atoms with Crippen LogP contribution in [0.15, 0.2) is 41.9 Å². The summed E-state index contributed by atoms with van der Waals surface area (Å²) >= 11 is 3.01. The summed E-state index contributed by atoms with van der Waals surface area (Å²) in [6, 6.07) is 9.69. The highest BCUT2D eigenvalue weighted by Crippen LogP contribution is 2.28. The van der Waals surface area contributed by atoms with Crippen LogP contribution < -0.4 is 10.1 Å². The Balaban J connectivity index is 1.43. The van der Waals surface area contributed by atoms with Gasteiger partial charge in [0, 0.05) is 18.1 Å². The van der Waals surface area contributed by atoms with Gasteiger partial charge in [0.15, 0.2) is 4.96 Å². The fourth-order valence-electron chi connectivity index (χ4n) is 2.59. The molecule has 4 aromatic rings. The third kappa shape index (κ3) is 3.25. The van der Waals surface area contributed by atoms with Crippen LogP contribution in [0.1, 0.15) is 29.1 Å². The SMILES string of the molecule is CC(C)Oc1ccc(CNC(=O)c2cc3c(nc4sccn43)s2)cc1. The zero-order valence-corrected chi connectivity index (χ0v) is 15.5. The molecule has 0 saturated heterocycles. The van der Waals surface area contributed by atoms with Gasteiger partial charge in [0.1, 0.15) is 10.6 Å². The predicted octanol–water partition coefficient (Wildman–Crippen LogP) is 4.33. The second kappa shape index (κ2) is 6.50. The number of benzene rings is 1. The molecule has 1 N–H and O–H groups in total. The maximum atomic E-state index is 12.4. The van der Waals surface area contributed by atoms with E-state index in [9.17, 15) is 4.79 Å². The van der Waals surface area contributed by atoms with Gasteiger partial charge in [0.05, 0.1) is 16.5 Å². The molecule has 0 aliphatic heterocycles. The van der Waals surface area contributed by atoms with E-state index in [0.717, 1.165) is 26.6 Å². The van der Waals surface area contributed by atoms with Gasteiger partial charge >= 0.3 is 0 Å². The van der Waals surface area contributed by atoms with Crippen molar-refractivity contribution in [2.75, 3.05) is 0 Å². The van der Waals surface area contributed by atoms with Gasteiger partial charge in [-0.05, 0) is 37.6 Å². The van der Waals surface area contributed by atoms with Gasteiger partial charge in [-0.2, -0.15) is 0 Å². The van der Waals surface area contributed by atoms with Gasteiger partial charge in [0.25, 0.3) is 5.91 Å². The Kier molecular flexibility index (Phi) is 4.19. The van der Waals surface area contributed by atoms with Crippen molar-refractivity contribution >= 4 is 43.9 Å². The molecule has 7 heteroatoms. The van der Waals surface area contributed by atoms with Crippen molar-refractivity contribution in [2.45, 2.75) is 26.5 Å². The largest absolute Gasteiger partial charge is 0.491 e. The number of nitrogens with zero attached hydrogens (tertiary/aromatic N) is 2. The number of carbonyl (C=O) groups excluding carboxylic acids is 1. The summed E-state index contributed by atoms with van der Waals surface area (Å²) in [5.74, 6) is 0.763. The summed E-state index contributed by atoms with van der Waals surface area (Å²) in [7, 11) is 0. The Morgan fingerprint density at radius 2 is 2.12 bits per heavy atom. The van der Waals surface area contributed by atoms with Crippen molar-refractivity contribution in [1.29, 1.82) is 0 Å². The number of thiophene rings is 1. The van der Waals surface area contributed by atoms with Crippen molar-refractivity contribution in [2.24, 2.45) is 0 Å². The Bertz CT molecular complexity index is 1030. The molecular weight excluding hydrogens is 354 g/mol. The molecule has 4 rings (SSSR count). The normalized spacial score (nSPS) is 11.5. The number of aromatic nitrogens is 2. The van der Waals surface area contributed by atoms with Crippen molar-refractivity contribution in [3.05, 3.63) is 52.3 Å². The van der Waals surface area contributed by atoms with Crippen molar-refractivity contribution in [1.82, 2.24) is 14.7 Å². The average molecular weight is 371 g/mol. The van der Waals surface area contributed by atoms with Crippen molar-refractivity contribution < 1.29 is 9.53 Å². The van der Waals surface area contributed by atoms with Crippen LogP contribution in [0.5, 0.6) is 5.75 Å². The molecule has 5 nitrogen and oxygen atoms in total. The summed E-state index contributed by atoms with van der Waals surface area (Å²) in [4.78, 5) is 19.5. The fraction of sp³-hybridized carbons (Fsp3) is 0.222. The van der Waals surface area contributed by atoms with E-state index in [4.69, 9.17) is 4.74 Å². The topological polar surface area (TPSA) is 55.6 Å². The average Bonchev–Trinajstić information content (AvgIpc) is 3.25. The van der Waals surface area contributed by atoms with Crippen LogP contribution in [-0.2, 0) is 6.54 Å². The summed E-state index contributed by atoms with van der Waals surface area (Å²) in [5, 5.41) is 4.96. The smallest absolute Gasteiger partial charge is 0.261 e. The number of amides is 1. The summed E-state index contributed by atoms with van der Waals surface area (Å²) in [6.45, 7) is 4.48. The minimum atomic E-state index is -0.0745. The van der Waals surface area contributed by atoms with Gasteiger partial charge in [-0.15, -0.1) is 22.7 Å². The van der Waals surface area contributed by atoms with E-state index < -0.39 is 0 Å². The van der Waals surface area contributed by atoms with E-state index in [0.29, 0.717) is 11.4 Å². The number of thiazole rings is 1. The van der Waals surface area contributed by atoms with Gasteiger partial charge in [-0.3, -0.25) is 9.20 Å². The van der Waals surface area contributed by atoms with Gasteiger partial charge < -0.3 is 10.1 Å². The van der Waals surface area contributed by atoms with Crippen molar-refractivity contribution in [3.8, 4) is 5.75 Å². The number of nitrogens with one attached hydrogen (secondary N) is 1. The van der Waals surface area contributed by atoms with E-state index in [1.54, 1.807) is 11.3 Å². The molecule has 0 unspecified atom stereocenters. The summed E-state index contributed by atoms with van der Waals surface area (Å²) < 4.78 is 7.64. The summed E-state index contributed by atoms with van der Waals surface area (Å²) in [5.41, 5.74) is 2.02. The molecular formula is C18H17N3O2S2. The number of imidazole rings is 1. The maximum Gasteiger partial charge on any atom is 0.261 e. The molecule has 1 amide bonds. The molecule has 3 heterocycles. The fourth-order valence-corrected chi connectivity index (χ4v) is 4.30. The first-order valence-electron chi connectivity index (χ1n) is 7.99. The van der Waals surface area contributed by atoms with E-state index in [1.165, 1.54) is 11.3 Å². The number of carbonyl (C=O) groups is 1. The van der Waals surface area contributed by atoms with E-state index >= 15 is 0 Å². The molecule has 1 aromatic carbocycles. The second-order valence-electron chi connectivity index (χ2n) is 5.96. The highest BCUT2D eigenvalue weighted by atomic mass is 32.1. The molecule has 128 valence electrons. The minimum Gasteiger partial charge on any atom is -0.491 e. The lowest BCUT2D eigenvalue weighted by atomic mass is 10.2. The van der Waals surface area contributed by atoms with Gasteiger partial charge in [-0.1, -0.05) is 12.1 Å². The number of hydrogen-bond acceptors (Lipinski definition) is 5. The summed E-state index contributed by atoms with van der Waals surface area (Å²) in [6.07, 6.45) is 2.13. The van der Waals surface area contributed by atoms with Crippen LogP contribution in [0.4, 0.5) is 0 Å². The third-order valence-corrected chi connectivity index (χ3v) is 5.49. The number of ether oxygens (including phenoxy) is 1. The number of hydrogen-bond donors (Lipinski definition) is 1. The lowest BCUT2D eigenvalue weighted by Crippen LogP contribution is -2.21. The lowest BCUT2D eigenvalue weighted by Gasteiger charge is -2.10. The lowest BCUT2D eigenvalue weighted by molar-refractivity contribution is 0.0955. The predicted molar refractivity (Wildman–Crippen MR) is 102 cm³/mol. The zero-order valence-electron chi connectivity index (χ0n) is 13.9. The van der Waals surface area contributed by atoms with Crippen LogP contribution in [0, 0.1) is 0 Å². The molecule has 0 fully saturated rings. The first kappa shape index (κ1) is 16.1. The highest BCUT2D eigenvalue weighted by molar-refractivity contribution is 7.21. The van der Waals surface area contributed by atoms with Crippen molar-refractivity contribution in [3.63, 3.8) is 0 Å². The Morgan fingerprint density at radius 1 is 1.32 bits per heavy atom. The number of fused-ring (bicyclic) bond motifs is 3. The molecule has 0 saturated carbocycles. The van der Waals surface area contributed by atoms with Gasteiger partial charge in [0.2, 0.25) is 0 Å².